The molecule has 0 saturated carbocycles. The van der Waals surface area contributed by atoms with Gasteiger partial charge >= 0.3 is 0 Å². The highest BCUT2D eigenvalue weighted by Gasteiger charge is 2.33. The summed E-state index contributed by atoms with van der Waals surface area (Å²) in [6.07, 6.45) is 3.44. The Balaban J connectivity index is 1.39. The number of rotatable bonds is 2. The number of carbonyl (C=O) groups is 1. The van der Waals surface area contributed by atoms with Crippen LogP contribution in [0, 0.1) is 12.8 Å². The van der Waals surface area contributed by atoms with Crippen LogP contribution in [-0.4, -0.2) is 33.8 Å². The van der Waals surface area contributed by atoms with Crippen LogP contribution in [0.25, 0.3) is 0 Å². The molecule has 7 nitrogen and oxygen atoms in total. The van der Waals surface area contributed by atoms with Crippen molar-refractivity contribution in [2.24, 2.45) is 13.0 Å². The molecule has 1 amide bonds. The lowest BCUT2D eigenvalue weighted by Gasteiger charge is -2.35. The van der Waals surface area contributed by atoms with Gasteiger partial charge in [-0.05, 0) is 50.1 Å². The van der Waals surface area contributed by atoms with Crippen molar-refractivity contribution in [1.82, 2.24) is 14.8 Å². The lowest BCUT2D eigenvalue weighted by atomic mass is 9.94. The Kier molecular flexibility index (Phi) is 5.06. The van der Waals surface area contributed by atoms with E-state index in [2.05, 4.69) is 20.3 Å². The van der Waals surface area contributed by atoms with E-state index in [1.165, 1.54) is 0 Å². The number of nitrogens with one attached hydrogen (secondary N) is 1. The fourth-order valence-electron chi connectivity index (χ4n) is 4.46. The summed E-state index contributed by atoms with van der Waals surface area (Å²) in [5, 5.41) is 8.41. The van der Waals surface area contributed by atoms with Crippen molar-refractivity contribution < 1.29 is 4.79 Å². The highest BCUT2D eigenvalue weighted by Crippen LogP contribution is 2.38. The lowest BCUT2D eigenvalue weighted by Crippen LogP contribution is -2.42. The number of carbonyl (C=O) groups excluding carboxylic acids is 1. The number of hydrogen-bond acceptors (Lipinski definition) is 5. The molecule has 160 valence electrons. The number of nitrogens with zero attached hydrogens (tertiary/aromatic N) is 5. The maximum Gasteiger partial charge on any atom is 0.230 e. The molecule has 2 aliphatic heterocycles. The van der Waals surface area contributed by atoms with Crippen LogP contribution in [-0.2, 0) is 18.4 Å². The van der Waals surface area contributed by atoms with Gasteiger partial charge in [0.25, 0.3) is 0 Å². The number of aryl methyl sites for hydroxylation is 2. The van der Waals surface area contributed by atoms with Crippen LogP contribution in [0.2, 0.25) is 5.02 Å². The van der Waals surface area contributed by atoms with Crippen molar-refractivity contribution in [3.05, 3.63) is 58.9 Å². The smallest absolute Gasteiger partial charge is 0.230 e. The van der Waals surface area contributed by atoms with Crippen molar-refractivity contribution in [2.75, 3.05) is 28.2 Å². The first-order chi connectivity index (χ1) is 15.0. The molecular weight excluding hydrogens is 412 g/mol. The summed E-state index contributed by atoms with van der Waals surface area (Å²) in [6, 6.07) is 11.7. The van der Waals surface area contributed by atoms with Gasteiger partial charge in [0, 0.05) is 42.3 Å². The van der Waals surface area contributed by atoms with Gasteiger partial charge in [-0.15, -0.1) is 0 Å². The first-order valence-corrected chi connectivity index (χ1v) is 10.9. The number of benzene rings is 1. The first kappa shape index (κ1) is 19.9. The molecule has 0 bridgehead atoms. The van der Waals surface area contributed by atoms with Crippen LogP contribution in [0.3, 0.4) is 0 Å². The second kappa shape index (κ2) is 7.89. The zero-order valence-corrected chi connectivity index (χ0v) is 18.4. The van der Waals surface area contributed by atoms with Crippen LogP contribution >= 0.6 is 11.6 Å². The fourth-order valence-corrected chi connectivity index (χ4v) is 4.64. The summed E-state index contributed by atoms with van der Waals surface area (Å²) >= 11 is 6.25. The third kappa shape index (κ3) is 3.74. The van der Waals surface area contributed by atoms with Crippen LogP contribution in [0.4, 0.5) is 23.0 Å². The normalized spacial score (nSPS) is 16.4. The summed E-state index contributed by atoms with van der Waals surface area (Å²) < 4.78 is 1.79. The summed E-state index contributed by atoms with van der Waals surface area (Å²) in [4.78, 5) is 22.5. The Morgan fingerprint density at radius 1 is 1.19 bits per heavy atom. The van der Waals surface area contributed by atoms with Gasteiger partial charge in [0.2, 0.25) is 5.91 Å². The average Bonchev–Trinajstić information content (AvgIpc) is 3.02. The maximum absolute atomic E-state index is 13.7. The Labute approximate surface area is 186 Å². The van der Waals surface area contributed by atoms with E-state index in [1.807, 2.05) is 61.5 Å². The molecule has 1 N–H and O–H groups in total. The molecule has 2 aliphatic rings. The van der Waals surface area contributed by atoms with E-state index < -0.39 is 0 Å². The summed E-state index contributed by atoms with van der Waals surface area (Å²) in [7, 11) is 1.89. The molecule has 3 aromatic rings. The third-order valence-corrected chi connectivity index (χ3v) is 6.39. The van der Waals surface area contributed by atoms with Gasteiger partial charge in [0.1, 0.15) is 11.6 Å². The van der Waals surface area contributed by atoms with Gasteiger partial charge < -0.3 is 15.1 Å². The Bertz CT molecular complexity index is 1130. The van der Waals surface area contributed by atoms with Crippen LogP contribution in [0.1, 0.15) is 24.1 Å². The van der Waals surface area contributed by atoms with E-state index >= 15 is 0 Å². The van der Waals surface area contributed by atoms with E-state index in [1.54, 1.807) is 4.68 Å². The highest BCUT2D eigenvalue weighted by atomic mass is 35.5. The average molecular weight is 437 g/mol. The molecule has 8 heteroatoms. The molecule has 1 fully saturated rings. The predicted molar refractivity (Wildman–Crippen MR) is 123 cm³/mol. The van der Waals surface area contributed by atoms with Crippen molar-refractivity contribution in [1.29, 1.82) is 0 Å². The quantitative estimate of drug-likeness (QED) is 0.649. The molecule has 31 heavy (non-hydrogen) atoms. The van der Waals surface area contributed by atoms with E-state index in [4.69, 9.17) is 11.6 Å². The molecule has 1 aromatic carbocycles. The van der Waals surface area contributed by atoms with Crippen LogP contribution < -0.4 is 15.1 Å². The number of amides is 1. The lowest BCUT2D eigenvalue weighted by molar-refractivity contribution is -0.123. The van der Waals surface area contributed by atoms with Gasteiger partial charge in [0.15, 0.2) is 0 Å². The number of fused-ring (bicyclic) bond motifs is 2. The SMILES string of the molecule is Cc1cccc(N2CCC(C(=O)N3Cc4cnn(C)c4Nc4cc(Cl)ccc43)CC2)n1. The first-order valence-electron chi connectivity index (χ1n) is 10.6. The van der Waals surface area contributed by atoms with Gasteiger partial charge in [-0.3, -0.25) is 9.48 Å². The number of piperidine rings is 1. The fraction of sp³-hybridized carbons (Fsp3) is 0.348. The molecule has 0 atom stereocenters. The topological polar surface area (TPSA) is 66.3 Å². The zero-order valence-electron chi connectivity index (χ0n) is 17.7. The molecule has 1 saturated heterocycles. The second-order valence-corrected chi connectivity index (χ2v) is 8.69. The van der Waals surface area contributed by atoms with Gasteiger partial charge in [-0.1, -0.05) is 17.7 Å². The number of pyridine rings is 1. The van der Waals surface area contributed by atoms with E-state index in [0.717, 1.165) is 60.2 Å². The Morgan fingerprint density at radius 3 is 2.77 bits per heavy atom. The molecule has 5 rings (SSSR count). The molecule has 4 heterocycles. The highest BCUT2D eigenvalue weighted by molar-refractivity contribution is 6.31. The van der Waals surface area contributed by atoms with E-state index in [9.17, 15) is 4.79 Å². The second-order valence-electron chi connectivity index (χ2n) is 8.25. The Morgan fingerprint density at radius 2 is 2.00 bits per heavy atom. The number of aromatic nitrogens is 3. The molecule has 0 spiro atoms. The maximum atomic E-state index is 13.7. The molecule has 0 aliphatic carbocycles. The minimum Gasteiger partial charge on any atom is -0.357 e. The monoisotopic (exact) mass is 436 g/mol. The number of halogens is 1. The minimum absolute atomic E-state index is 0.0252. The Hall–Kier alpha value is -3.06. The third-order valence-electron chi connectivity index (χ3n) is 6.15. The number of anilines is 4. The van der Waals surface area contributed by atoms with Gasteiger partial charge in [-0.2, -0.15) is 5.10 Å². The largest absolute Gasteiger partial charge is 0.357 e. The molecular formula is C23H25ClN6O. The van der Waals surface area contributed by atoms with E-state index in [-0.39, 0.29) is 11.8 Å². The summed E-state index contributed by atoms with van der Waals surface area (Å²) in [5.74, 6) is 2.01. The van der Waals surface area contributed by atoms with Crippen LogP contribution in [0.15, 0.2) is 42.6 Å². The molecule has 0 unspecified atom stereocenters. The predicted octanol–water partition coefficient (Wildman–Crippen LogP) is 4.28. The summed E-state index contributed by atoms with van der Waals surface area (Å²) in [5.41, 5.74) is 3.68. The van der Waals surface area contributed by atoms with Crippen molar-refractivity contribution in [2.45, 2.75) is 26.3 Å². The van der Waals surface area contributed by atoms with E-state index in [0.29, 0.717) is 11.6 Å². The van der Waals surface area contributed by atoms with Crippen molar-refractivity contribution >= 4 is 40.5 Å². The molecule has 0 radical (unpaired) electrons. The summed E-state index contributed by atoms with van der Waals surface area (Å²) in [6.45, 7) is 4.14. The van der Waals surface area contributed by atoms with Crippen molar-refractivity contribution in [3.63, 3.8) is 0 Å². The zero-order chi connectivity index (χ0) is 21.5. The molecule has 2 aromatic heterocycles. The van der Waals surface area contributed by atoms with Crippen LogP contribution in [0.5, 0.6) is 0 Å². The number of hydrogen-bond donors (Lipinski definition) is 1. The van der Waals surface area contributed by atoms with Crippen molar-refractivity contribution in [3.8, 4) is 0 Å². The van der Waals surface area contributed by atoms with Gasteiger partial charge in [-0.25, -0.2) is 4.98 Å². The minimum atomic E-state index is -0.0252. The van der Waals surface area contributed by atoms with Gasteiger partial charge in [0.05, 0.1) is 24.1 Å². The standard InChI is InChI=1S/C23H25ClN6O/c1-15-4-3-5-21(26-15)29-10-8-16(9-11-29)23(31)30-14-17-13-25-28(2)22(17)27-19-12-18(24)6-7-20(19)30/h3-7,12-13,16,27H,8-11,14H2,1-2H3.